The predicted octanol–water partition coefficient (Wildman–Crippen LogP) is 1.11. The number of sulfonamides is 1. The lowest BCUT2D eigenvalue weighted by Gasteiger charge is -2.16. The Balaban J connectivity index is 1.96. The van der Waals surface area contributed by atoms with Gasteiger partial charge in [0.25, 0.3) is 0 Å². The summed E-state index contributed by atoms with van der Waals surface area (Å²) in [7, 11) is -2.98. The summed E-state index contributed by atoms with van der Waals surface area (Å²) in [5.41, 5.74) is 0. The summed E-state index contributed by atoms with van der Waals surface area (Å²) in [6, 6.07) is 0.268. The fourth-order valence-electron chi connectivity index (χ4n) is 1.78. The molecule has 0 saturated heterocycles. The molecule has 76 valence electrons. The molecule has 0 atom stereocenters. The van der Waals surface area contributed by atoms with Gasteiger partial charge >= 0.3 is 0 Å². The van der Waals surface area contributed by atoms with Gasteiger partial charge in [-0.15, -0.1) is 0 Å². The standard InChI is InChI=1S/C9H17NO2S/c1-2-13(11,12)10-9(7-3-4-7)8-5-6-8/h7-10H,2-6H2,1H3. The Morgan fingerprint density at radius 1 is 1.23 bits per heavy atom. The fraction of sp³-hybridized carbons (Fsp3) is 1.00. The number of nitrogens with one attached hydrogen (secondary N) is 1. The van der Waals surface area contributed by atoms with E-state index in [4.69, 9.17) is 0 Å². The average Bonchev–Trinajstić information content (AvgIpc) is 2.91. The number of rotatable bonds is 5. The largest absolute Gasteiger partial charge is 0.212 e. The van der Waals surface area contributed by atoms with Crippen molar-refractivity contribution < 1.29 is 8.42 Å². The van der Waals surface area contributed by atoms with Crippen LogP contribution in [-0.2, 0) is 10.0 Å². The molecule has 0 aromatic heterocycles. The second kappa shape index (κ2) is 3.24. The average molecular weight is 203 g/mol. The minimum Gasteiger partial charge on any atom is -0.212 e. The zero-order valence-electron chi connectivity index (χ0n) is 7.99. The van der Waals surface area contributed by atoms with Crippen LogP contribution in [0.1, 0.15) is 32.6 Å². The molecular formula is C9H17NO2S. The Bertz CT molecular complexity index is 266. The molecule has 2 rings (SSSR count). The second-order valence-corrected chi connectivity index (χ2v) is 6.26. The van der Waals surface area contributed by atoms with E-state index in [1.165, 1.54) is 25.7 Å². The van der Waals surface area contributed by atoms with Crippen LogP contribution >= 0.6 is 0 Å². The highest BCUT2D eigenvalue weighted by molar-refractivity contribution is 7.89. The van der Waals surface area contributed by atoms with Gasteiger partial charge in [-0.3, -0.25) is 0 Å². The van der Waals surface area contributed by atoms with E-state index in [-0.39, 0.29) is 11.8 Å². The van der Waals surface area contributed by atoms with Crippen LogP contribution in [0, 0.1) is 11.8 Å². The van der Waals surface area contributed by atoms with Crippen LogP contribution in [0.3, 0.4) is 0 Å². The van der Waals surface area contributed by atoms with E-state index in [0.717, 1.165) is 0 Å². The van der Waals surface area contributed by atoms with E-state index in [9.17, 15) is 8.42 Å². The first-order chi connectivity index (χ1) is 6.12. The van der Waals surface area contributed by atoms with E-state index in [2.05, 4.69) is 4.72 Å². The first-order valence-corrected chi connectivity index (χ1v) is 6.77. The lowest BCUT2D eigenvalue weighted by Crippen LogP contribution is -2.38. The maximum Gasteiger partial charge on any atom is 0.211 e. The van der Waals surface area contributed by atoms with Crippen LogP contribution in [-0.4, -0.2) is 20.2 Å². The first kappa shape index (κ1) is 9.46. The molecule has 1 N–H and O–H groups in total. The molecule has 0 bridgehead atoms. The summed E-state index contributed by atoms with van der Waals surface area (Å²) in [6.07, 6.45) is 4.86. The molecule has 2 aliphatic rings. The van der Waals surface area contributed by atoms with Crippen LogP contribution in [0.2, 0.25) is 0 Å². The summed E-state index contributed by atoms with van der Waals surface area (Å²) in [5, 5.41) is 0. The summed E-state index contributed by atoms with van der Waals surface area (Å²) in [5.74, 6) is 1.51. The normalized spacial score (nSPS) is 23.8. The lowest BCUT2D eigenvalue weighted by molar-refractivity contribution is 0.472. The number of hydrogen-bond acceptors (Lipinski definition) is 2. The van der Waals surface area contributed by atoms with Gasteiger partial charge in [0.05, 0.1) is 5.75 Å². The van der Waals surface area contributed by atoms with Crippen molar-refractivity contribution >= 4 is 10.0 Å². The zero-order chi connectivity index (χ0) is 9.47. The van der Waals surface area contributed by atoms with E-state index in [1.54, 1.807) is 6.92 Å². The molecule has 0 aromatic rings. The van der Waals surface area contributed by atoms with Gasteiger partial charge in [-0.1, -0.05) is 0 Å². The van der Waals surface area contributed by atoms with Crippen molar-refractivity contribution in [2.24, 2.45) is 11.8 Å². The van der Waals surface area contributed by atoms with Crippen molar-refractivity contribution in [2.75, 3.05) is 5.75 Å². The quantitative estimate of drug-likeness (QED) is 0.727. The van der Waals surface area contributed by atoms with Crippen molar-refractivity contribution in [1.82, 2.24) is 4.72 Å². The Morgan fingerprint density at radius 3 is 2.00 bits per heavy atom. The van der Waals surface area contributed by atoms with Gasteiger partial charge in [-0.25, -0.2) is 13.1 Å². The summed E-state index contributed by atoms with van der Waals surface area (Å²) in [6.45, 7) is 1.69. The maximum atomic E-state index is 11.4. The second-order valence-electron chi connectivity index (χ2n) is 4.22. The van der Waals surface area contributed by atoms with Crippen LogP contribution < -0.4 is 4.72 Å². The Morgan fingerprint density at radius 2 is 1.69 bits per heavy atom. The molecule has 0 amide bonds. The van der Waals surface area contributed by atoms with Gasteiger partial charge in [-0.05, 0) is 44.4 Å². The molecule has 4 heteroatoms. The molecule has 0 heterocycles. The van der Waals surface area contributed by atoms with Crippen LogP contribution in [0.5, 0.6) is 0 Å². The van der Waals surface area contributed by atoms with E-state index in [0.29, 0.717) is 11.8 Å². The Hall–Kier alpha value is -0.0900. The fourth-order valence-corrected chi connectivity index (χ4v) is 2.74. The van der Waals surface area contributed by atoms with E-state index >= 15 is 0 Å². The van der Waals surface area contributed by atoms with Crippen LogP contribution in [0.15, 0.2) is 0 Å². The molecular weight excluding hydrogens is 186 g/mol. The minimum atomic E-state index is -2.98. The van der Waals surface area contributed by atoms with E-state index in [1.807, 2.05) is 0 Å². The zero-order valence-corrected chi connectivity index (χ0v) is 8.81. The highest BCUT2D eigenvalue weighted by Crippen LogP contribution is 2.44. The molecule has 3 nitrogen and oxygen atoms in total. The molecule has 0 aromatic carbocycles. The Kier molecular flexibility index (Phi) is 2.36. The molecule has 2 aliphatic carbocycles. The van der Waals surface area contributed by atoms with E-state index < -0.39 is 10.0 Å². The lowest BCUT2D eigenvalue weighted by atomic mass is 10.1. The molecule has 2 saturated carbocycles. The molecule has 2 fully saturated rings. The summed E-state index contributed by atoms with van der Waals surface area (Å²) < 4.78 is 25.6. The summed E-state index contributed by atoms with van der Waals surface area (Å²) in [4.78, 5) is 0. The monoisotopic (exact) mass is 203 g/mol. The molecule has 0 unspecified atom stereocenters. The van der Waals surface area contributed by atoms with Crippen LogP contribution in [0.4, 0.5) is 0 Å². The third kappa shape index (κ3) is 2.44. The predicted molar refractivity (Wildman–Crippen MR) is 51.8 cm³/mol. The van der Waals surface area contributed by atoms with Crippen LogP contribution in [0.25, 0.3) is 0 Å². The smallest absolute Gasteiger partial charge is 0.211 e. The van der Waals surface area contributed by atoms with Crippen molar-refractivity contribution in [2.45, 2.75) is 38.6 Å². The van der Waals surface area contributed by atoms with Gasteiger partial charge in [0.1, 0.15) is 0 Å². The SMILES string of the molecule is CCS(=O)(=O)NC(C1CC1)C1CC1. The highest BCUT2D eigenvalue weighted by Gasteiger charge is 2.42. The van der Waals surface area contributed by atoms with Crippen molar-refractivity contribution in [3.63, 3.8) is 0 Å². The summed E-state index contributed by atoms with van der Waals surface area (Å²) >= 11 is 0. The van der Waals surface area contributed by atoms with Gasteiger partial charge in [0.15, 0.2) is 0 Å². The van der Waals surface area contributed by atoms with Crippen molar-refractivity contribution in [3.8, 4) is 0 Å². The number of hydrogen-bond donors (Lipinski definition) is 1. The topological polar surface area (TPSA) is 46.2 Å². The highest BCUT2D eigenvalue weighted by atomic mass is 32.2. The van der Waals surface area contributed by atoms with Gasteiger partial charge in [0.2, 0.25) is 10.0 Å². The molecule has 0 radical (unpaired) electrons. The third-order valence-corrected chi connectivity index (χ3v) is 4.35. The first-order valence-electron chi connectivity index (χ1n) is 5.12. The molecule has 0 spiro atoms. The molecule has 13 heavy (non-hydrogen) atoms. The van der Waals surface area contributed by atoms with Gasteiger partial charge in [0, 0.05) is 6.04 Å². The van der Waals surface area contributed by atoms with Gasteiger partial charge < -0.3 is 0 Å². The molecule has 0 aliphatic heterocycles. The van der Waals surface area contributed by atoms with Gasteiger partial charge in [-0.2, -0.15) is 0 Å². The Labute approximate surface area is 80.0 Å². The third-order valence-electron chi connectivity index (χ3n) is 2.96. The van der Waals surface area contributed by atoms with Crippen molar-refractivity contribution in [1.29, 1.82) is 0 Å². The maximum absolute atomic E-state index is 11.4. The minimum absolute atomic E-state index is 0.211. The van der Waals surface area contributed by atoms with Crippen molar-refractivity contribution in [3.05, 3.63) is 0 Å².